The van der Waals surface area contributed by atoms with Crippen molar-refractivity contribution in [3.63, 3.8) is 0 Å². The van der Waals surface area contributed by atoms with Crippen molar-refractivity contribution in [3.05, 3.63) is 70.4 Å². The van der Waals surface area contributed by atoms with Gasteiger partial charge in [0.05, 0.1) is 10.4 Å². The minimum atomic E-state index is -0.429. The summed E-state index contributed by atoms with van der Waals surface area (Å²) in [5.41, 5.74) is 2.39. The molecule has 0 unspecified atom stereocenters. The van der Waals surface area contributed by atoms with E-state index in [1.807, 2.05) is 29.0 Å². The third kappa shape index (κ3) is 1.85. The van der Waals surface area contributed by atoms with Crippen LogP contribution < -0.4 is 0 Å². The van der Waals surface area contributed by atoms with Gasteiger partial charge in [-0.3, -0.25) is 14.9 Å². The van der Waals surface area contributed by atoms with Gasteiger partial charge in [0, 0.05) is 35.0 Å². The van der Waals surface area contributed by atoms with E-state index in [4.69, 9.17) is 0 Å². The molecule has 5 nitrogen and oxygen atoms in total. The van der Waals surface area contributed by atoms with E-state index in [0.29, 0.717) is 5.56 Å². The number of hydrogen-bond donors (Lipinski definition) is 0. The first kappa shape index (κ1) is 12.1. The van der Waals surface area contributed by atoms with Gasteiger partial charge in [0.1, 0.15) is 0 Å². The summed E-state index contributed by atoms with van der Waals surface area (Å²) in [4.78, 5) is 21.2. The summed E-state index contributed by atoms with van der Waals surface area (Å²) in [6, 6.07) is 13.6. The Morgan fingerprint density at radius 3 is 2.45 bits per heavy atom. The average Bonchev–Trinajstić information content (AvgIpc) is 2.91. The maximum atomic E-state index is 11.0. The summed E-state index contributed by atoms with van der Waals surface area (Å²) >= 11 is 0. The Labute approximate surface area is 114 Å². The molecule has 0 atom stereocenters. The summed E-state index contributed by atoms with van der Waals surface area (Å²) in [6.45, 7) is 0. The zero-order valence-corrected chi connectivity index (χ0v) is 10.4. The molecule has 5 heteroatoms. The van der Waals surface area contributed by atoms with E-state index in [9.17, 15) is 14.9 Å². The van der Waals surface area contributed by atoms with Crippen LogP contribution in [0.4, 0.5) is 5.69 Å². The lowest BCUT2D eigenvalue weighted by Crippen LogP contribution is -1.93. The number of aromatic nitrogens is 1. The quantitative estimate of drug-likeness (QED) is 0.415. The number of aldehydes is 1. The number of hydrogen-bond acceptors (Lipinski definition) is 3. The lowest BCUT2D eigenvalue weighted by atomic mass is 10.1. The lowest BCUT2D eigenvalue weighted by Gasteiger charge is -2.05. The van der Waals surface area contributed by atoms with Gasteiger partial charge in [-0.2, -0.15) is 0 Å². The molecule has 0 saturated heterocycles. The van der Waals surface area contributed by atoms with Crippen molar-refractivity contribution in [1.82, 2.24) is 4.57 Å². The first-order valence-electron chi connectivity index (χ1n) is 6.01. The molecule has 0 saturated carbocycles. The van der Waals surface area contributed by atoms with E-state index in [2.05, 4.69) is 0 Å². The number of nitro groups is 1. The largest absolute Gasteiger partial charge is 0.317 e. The van der Waals surface area contributed by atoms with Crippen LogP contribution >= 0.6 is 0 Å². The molecule has 2 aromatic carbocycles. The molecule has 0 fully saturated rings. The van der Waals surface area contributed by atoms with Gasteiger partial charge in [0.25, 0.3) is 5.69 Å². The molecule has 3 aromatic rings. The molecule has 98 valence electrons. The van der Waals surface area contributed by atoms with E-state index >= 15 is 0 Å². The SMILES string of the molecule is O=Cc1cccc2c1ccn2-c1ccc([N+](=O)[O-])cc1. The van der Waals surface area contributed by atoms with Crippen molar-refractivity contribution < 1.29 is 9.72 Å². The van der Waals surface area contributed by atoms with E-state index in [-0.39, 0.29) is 5.69 Å². The topological polar surface area (TPSA) is 65.1 Å². The molecule has 0 radical (unpaired) electrons. The van der Waals surface area contributed by atoms with Crippen molar-refractivity contribution in [1.29, 1.82) is 0 Å². The minimum absolute atomic E-state index is 0.0544. The zero-order chi connectivity index (χ0) is 14.1. The highest BCUT2D eigenvalue weighted by molar-refractivity contribution is 5.97. The van der Waals surface area contributed by atoms with E-state index in [1.165, 1.54) is 12.1 Å². The zero-order valence-electron chi connectivity index (χ0n) is 10.4. The molecule has 0 spiro atoms. The number of rotatable bonds is 3. The van der Waals surface area contributed by atoms with Crippen LogP contribution in [-0.2, 0) is 0 Å². The summed E-state index contributed by atoms with van der Waals surface area (Å²) in [6.07, 6.45) is 2.67. The molecule has 0 amide bonds. The van der Waals surface area contributed by atoms with Gasteiger partial charge in [-0.25, -0.2) is 0 Å². The van der Waals surface area contributed by atoms with E-state index < -0.39 is 4.92 Å². The average molecular weight is 266 g/mol. The molecule has 0 bridgehead atoms. The molecule has 0 aliphatic carbocycles. The van der Waals surface area contributed by atoms with Crippen LogP contribution in [0, 0.1) is 10.1 Å². The first-order chi connectivity index (χ1) is 9.70. The molecule has 1 heterocycles. The van der Waals surface area contributed by atoms with Gasteiger partial charge < -0.3 is 4.57 Å². The fourth-order valence-corrected chi connectivity index (χ4v) is 2.25. The maximum Gasteiger partial charge on any atom is 0.269 e. The van der Waals surface area contributed by atoms with Crippen LogP contribution in [0.2, 0.25) is 0 Å². The number of nitro benzene ring substituents is 1. The molecular formula is C15H10N2O3. The Kier molecular flexibility index (Phi) is 2.80. The number of carbonyl (C=O) groups excluding carboxylic acids is 1. The van der Waals surface area contributed by atoms with E-state index in [0.717, 1.165) is 22.9 Å². The Morgan fingerprint density at radius 2 is 1.80 bits per heavy atom. The highest BCUT2D eigenvalue weighted by Gasteiger charge is 2.08. The maximum absolute atomic E-state index is 11.0. The van der Waals surface area contributed by atoms with Crippen molar-refractivity contribution in [2.24, 2.45) is 0 Å². The van der Waals surface area contributed by atoms with Gasteiger partial charge in [-0.05, 0) is 24.3 Å². The van der Waals surface area contributed by atoms with Gasteiger partial charge in [0.2, 0.25) is 0 Å². The van der Waals surface area contributed by atoms with Crippen LogP contribution in [0.5, 0.6) is 0 Å². The number of nitrogens with zero attached hydrogens (tertiary/aromatic N) is 2. The summed E-state index contributed by atoms with van der Waals surface area (Å²) < 4.78 is 1.89. The first-order valence-corrected chi connectivity index (χ1v) is 6.01. The second-order valence-electron chi connectivity index (χ2n) is 4.36. The molecule has 0 aliphatic rings. The number of non-ortho nitro benzene ring substituents is 1. The van der Waals surface area contributed by atoms with Gasteiger partial charge >= 0.3 is 0 Å². The molecular weight excluding hydrogens is 256 g/mol. The van der Waals surface area contributed by atoms with Crippen molar-refractivity contribution in [2.75, 3.05) is 0 Å². The van der Waals surface area contributed by atoms with Crippen LogP contribution in [0.1, 0.15) is 10.4 Å². The third-order valence-corrected chi connectivity index (χ3v) is 3.23. The Hall–Kier alpha value is -2.95. The minimum Gasteiger partial charge on any atom is -0.317 e. The van der Waals surface area contributed by atoms with Crippen LogP contribution in [0.3, 0.4) is 0 Å². The summed E-state index contributed by atoms with van der Waals surface area (Å²) in [7, 11) is 0. The van der Waals surface area contributed by atoms with Crippen LogP contribution in [-0.4, -0.2) is 15.8 Å². The molecule has 0 N–H and O–H groups in total. The fourth-order valence-electron chi connectivity index (χ4n) is 2.25. The lowest BCUT2D eigenvalue weighted by molar-refractivity contribution is -0.384. The number of carbonyl (C=O) groups is 1. The third-order valence-electron chi connectivity index (χ3n) is 3.23. The summed E-state index contributed by atoms with van der Waals surface area (Å²) in [5.74, 6) is 0. The van der Waals surface area contributed by atoms with Crippen LogP contribution in [0.25, 0.3) is 16.6 Å². The van der Waals surface area contributed by atoms with Gasteiger partial charge in [0.15, 0.2) is 6.29 Å². The fraction of sp³-hybridized carbons (Fsp3) is 0. The Morgan fingerprint density at radius 1 is 1.05 bits per heavy atom. The standard InChI is InChI=1S/C15H10N2O3/c18-10-11-2-1-3-15-14(11)8-9-16(15)12-4-6-13(7-5-12)17(19)20/h1-10H. The van der Waals surface area contributed by atoms with Crippen molar-refractivity contribution in [2.45, 2.75) is 0 Å². The number of fused-ring (bicyclic) bond motifs is 1. The second-order valence-corrected chi connectivity index (χ2v) is 4.36. The van der Waals surface area contributed by atoms with Crippen molar-refractivity contribution >= 4 is 22.9 Å². The second kappa shape index (κ2) is 4.62. The molecule has 20 heavy (non-hydrogen) atoms. The predicted octanol–water partition coefficient (Wildman–Crippen LogP) is 3.35. The smallest absolute Gasteiger partial charge is 0.269 e. The summed E-state index contributed by atoms with van der Waals surface area (Å²) in [5, 5.41) is 11.5. The van der Waals surface area contributed by atoms with Gasteiger partial charge in [-0.15, -0.1) is 0 Å². The normalized spacial score (nSPS) is 10.6. The van der Waals surface area contributed by atoms with Crippen LogP contribution in [0.15, 0.2) is 54.7 Å². The molecule has 3 rings (SSSR count). The monoisotopic (exact) mass is 266 g/mol. The van der Waals surface area contributed by atoms with Crippen molar-refractivity contribution in [3.8, 4) is 5.69 Å². The Bertz CT molecular complexity index is 804. The predicted molar refractivity (Wildman–Crippen MR) is 75.3 cm³/mol. The highest BCUT2D eigenvalue weighted by atomic mass is 16.6. The van der Waals surface area contributed by atoms with E-state index in [1.54, 1.807) is 18.2 Å². The highest BCUT2D eigenvalue weighted by Crippen LogP contribution is 2.24. The molecule has 1 aromatic heterocycles. The number of benzene rings is 2. The van der Waals surface area contributed by atoms with Gasteiger partial charge in [-0.1, -0.05) is 12.1 Å². The molecule has 0 aliphatic heterocycles. The Balaban J connectivity index is 2.15.